The van der Waals surface area contributed by atoms with Crippen LogP contribution in [0.2, 0.25) is 0 Å². The average Bonchev–Trinajstić information content (AvgIpc) is 3.24. The minimum Gasteiger partial charge on any atom is -1.00 e. The second-order valence-corrected chi connectivity index (χ2v) is 6.07. The first-order chi connectivity index (χ1) is 11.7. The highest BCUT2D eigenvalue weighted by molar-refractivity contribution is 5.65. The predicted octanol–water partition coefficient (Wildman–Crippen LogP) is -3.41. The van der Waals surface area contributed by atoms with E-state index in [0.717, 1.165) is 11.4 Å². The molecule has 0 atom stereocenters. The van der Waals surface area contributed by atoms with Gasteiger partial charge >= 0.3 is 0 Å². The van der Waals surface area contributed by atoms with Crippen molar-refractivity contribution in [3.8, 4) is 22.5 Å². The summed E-state index contributed by atoms with van der Waals surface area (Å²) in [7, 11) is 4.05. The van der Waals surface area contributed by atoms with Crippen molar-refractivity contribution in [2.45, 2.75) is 0 Å². The van der Waals surface area contributed by atoms with Gasteiger partial charge in [-0.3, -0.25) is 0 Å². The third-order valence-corrected chi connectivity index (χ3v) is 4.20. The summed E-state index contributed by atoms with van der Waals surface area (Å²) >= 11 is 0. The van der Waals surface area contributed by atoms with E-state index in [4.69, 9.17) is 0 Å². The van der Waals surface area contributed by atoms with Gasteiger partial charge in [0.1, 0.15) is 36.2 Å². The number of halogens is 2. The smallest absolute Gasteiger partial charge is 0.248 e. The third-order valence-electron chi connectivity index (χ3n) is 4.20. The number of aromatic nitrogens is 4. The summed E-state index contributed by atoms with van der Waals surface area (Å²) in [5.74, 6) is 0. The largest absolute Gasteiger partial charge is 1.00 e. The van der Waals surface area contributed by atoms with Crippen LogP contribution in [0.5, 0.6) is 0 Å². The van der Waals surface area contributed by atoms with Crippen molar-refractivity contribution in [1.82, 2.24) is 9.13 Å². The average molecular weight is 570 g/mol. The number of aryl methyl sites for hydroxylation is 2. The van der Waals surface area contributed by atoms with E-state index in [9.17, 15) is 0 Å². The second kappa shape index (κ2) is 8.81. The zero-order valence-corrected chi connectivity index (χ0v) is 18.9. The monoisotopic (exact) mass is 570 g/mol. The fourth-order valence-corrected chi connectivity index (χ4v) is 2.86. The van der Waals surface area contributed by atoms with Crippen molar-refractivity contribution in [1.29, 1.82) is 0 Å². The van der Waals surface area contributed by atoms with Crippen LogP contribution in [0.15, 0.2) is 86.0 Å². The first-order valence-corrected chi connectivity index (χ1v) is 7.97. The highest BCUT2D eigenvalue weighted by Gasteiger charge is 2.07. The van der Waals surface area contributed by atoms with Crippen LogP contribution in [0.1, 0.15) is 0 Å². The molecular weight excluding hydrogens is 550 g/mol. The summed E-state index contributed by atoms with van der Waals surface area (Å²) < 4.78 is 8.29. The molecule has 2 aromatic heterocycles. The molecule has 0 spiro atoms. The second-order valence-electron chi connectivity index (χ2n) is 6.07. The van der Waals surface area contributed by atoms with Crippen LogP contribution in [0.3, 0.4) is 0 Å². The van der Waals surface area contributed by atoms with Gasteiger partial charge in [0.15, 0.2) is 0 Å². The van der Waals surface area contributed by atoms with Gasteiger partial charge in [-0.2, -0.15) is 0 Å². The Morgan fingerprint density at radius 3 is 1.19 bits per heavy atom. The molecule has 0 aliphatic rings. The van der Waals surface area contributed by atoms with Gasteiger partial charge in [-0.1, -0.05) is 24.3 Å². The van der Waals surface area contributed by atoms with E-state index in [0.29, 0.717) is 0 Å². The van der Waals surface area contributed by atoms with E-state index in [1.165, 1.54) is 11.1 Å². The fourth-order valence-electron chi connectivity index (χ4n) is 2.86. The lowest BCUT2D eigenvalue weighted by Crippen LogP contribution is -3.00. The molecule has 4 aromatic rings. The molecule has 6 heteroatoms. The van der Waals surface area contributed by atoms with Crippen molar-refractivity contribution < 1.29 is 57.1 Å². The molecule has 0 aliphatic carbocycles. The Morgan fingerprint density at radius 1 is 0.577 bits per heavy atom. The Labute approximate surface area is 187 Å². The zero-order chi connectivity index (χ0) is 16.5. The minimum atomic E-state index is 0. The maximum Gasteiger partial charge on any atom is 0.248 e. The molecule has 4 rings (SSSR count). The maximum atomic E-state index is 2.17. The van der Waals surface area contributed by atoms with E-state index in [-0.39, 0.29) is 48.0 Å². The molecule has 4 nitrogen and oxygen atoms in total. The molecule has 0 aliphatic heterocycles. The van der Waals surface area contributed by atoms with Crippen LogP contribution in [0, 0.1) is 0 Å². The number of hydrogen-bond donors (Lipinski definition) is 0. The molecule has 0 N–H and O–H groups in total. The van der Waals surface area contributed by atoms with Gasteiger partial charge in [0.05, 0.1) is 14.1 Å². The van der Waals surface area contributed by atoms with Crippen molar-refractivity contribution in [2.75, 3.05) is 0 Å². The molecule has 0 saturated carbocycles. The quantitative estimate of drug-likeness (QED) is 0.181. The van der Waals surface area contributed by atoms with E-state index in [1.54, 1.807) is 0 Å². The van der Waals surface area contributed by atoms with Gasteiger partial charge in [0, 0.05) is 0 Å². The first kappa shape index (κ1) is 20.6. The summed E-state index contributed by atoms with van der Waals surface area (Å²) in [6.07, 6.45) is 12.3. The molecule has 0 saturated heterocycles. The van der Waals surface area contributed by atoms with Crippen LogP contribution in [-0.4, -0.2) is 9.13 Å². The highest BCUT2D eigenvalue weighted by Crippen LogP contribution is 2.22. The number of imidazole rings is 2. The van der Waals surface area contributed by atoms with Crippen molar-refractivity contribution in [2.24, 2.45) is 14.1 Å². The normalized spacial score (nSPS) is 10.1. The van der Waals surface area contributed by atoms with Gasteiger partial charge in [-0.25, -0.2) is 18.3 Å². The number of hydrogen-bond acceptors (Lipinski definition) is 0. The molecule has 134 valence electrons. The lowest BCUT2D eigenvalue weighted by Gasteiger charge is -2.03. The molecule has 0 radical (unpaired) electrons. The van der Waals surface area contributed by atoms with Crippen molar-refractivity contribution >= 4 is 0 Å². The molecule has 0 bridgehead atoms. The van der Waals surface area contributed by atoms with E-state index in [2.05, 4.69) is 82.7 Å². The van der Waals surface area contributed by atoms with Crippen LogP contribution >= 0.6 is 0 Å². The Balaban J connectivity index is 0.00000121. The Morgan fingerprint density at radius 2 is 0.923 bits per heavy atom. The fraction of sp³-hybridized carbons (Fsp3) is 0.100. The lowest BCUT2D eigenvalue weighted by atomic mass is 10.0. The van der Waals surface area contributed by atoms with Crippen LogP contribution in [0.25, 0.3) is 22.5 Å². The Hall–Kier alpha value is -1.68. The molecule has 26 heavy (non-hydrogen) atoms. The Kier molecular flexibility index (Phi) is 6.99. The molecule has 0 amide bonds. The summed E-state index contributed by atoms with van der Waals surface area (Å²) in [4.78, 5) is 0. The minimum absolute atomic E-state index is 0. The topological polar surface area (TPSA) is 17.6 Å². The summed E-state index contributed by atoms with van der Waals surface area (Å²) in [6.45, 7) is 0. The summed E-state index contributed by atoms with van der Waals surface area (Å²) in [6, 6.07) is 17.3. The molecule has 2 aromatic carbocycles. The van der Waals surface area contributed by atoms with E-state index in [1.807, 2.05) is 35.6 Å². The van der Waals surface area contributed by atoms with Gasteiger partial charge < -0.3 is 48.0 Å². The Bertz CT molecular complexity index is 888. The van der Waals surface area contributed by atoms with Gasteiger partial charge in [-0.05, 0) is 35.4 Å². The SMILES string of the molecule is C[n+]1ccn(-c2ccc(-c3ccc(-n4cc[n+](C)c4)cc3)cc2)c1.[I-].[I-]. The number of rotatable bonds is 3. The van der Waals surface area contributed by atoms with Crippen LogP contribution < -0.4 is 57.1 Å². The van der Waals surface area contributed by atoms with Gasteiger partial charge in [0.2, 0.25) is 12.7 Å². The number of nitrogens with zero attached hydrogens (tertiary/aromatic N) is 4. The van der Waals surface area contributed by atoms with Crippen LogP contribution in [0.4, 0.5) is 0 Å². The predicted molar refractivity (Wildman–Crippen MR) is 92.9 cm³/mol. The lowest BCUT2D eigenvalue weighted by molar-refractivity contribution is -0.670. The highest BCUT2D eigenvalue weighted by atomic mass is 127. The maximum absolute atomic E-state index is 2.17. The van der Waals surface area contributed by atoms with E-state index < -0.39 is 0 Å². The van der Waals surface area contributed by atoms with Crippen LogP contribution in [-0.2, 0) is 14.1 Å². The molecular formula is C20H20I2N4. The molecule has 2 heterocycles. The zero-order valence-electron chi connectivity index (χ0n) is 14.6. The number of benzene rings is 2. The third kappa shape index (κ3) is 4.35. The van der Waals surface area contributed by atoms with Crippen molar-refractivity contribution in [3.05, 3.63) is 86.0 Å². The summed E-state index contributed by atoms with van der Waals surface area (Å²) in [5.41, 5.74) is 4.77. The standard InChI is InChI=1S/C20H20N4.2HI/c1-21-11-13-23(15-21)19-7-3-17(4-8-19)18-5-9-20(10-6-18)24-14-12-22(2)16-24;;/h3-16H,1-2H3;2*1H/q+2;;/p-2. The van der Waals surface area contributed by atoms with E-state index >= 15 is 0 Å². The van der Waals surface area contributed by atoms with Crippen molar-refractivity contribution in [3.63, 3.8) is 0 Å². The molecule has 0 fully saturated rings. The first-order valence-electron chi connectivity index (χ1n) is 7.97. The van der Waals surface area contributed by atoms with Gasteiger partial charge in [-0.15, -0.1) is 0 Å². The summed E-state index contributed by atoms with van der Waals surface area (Å²) in [5, 5.41) is 0. The van der Waals surface area contributed by atoms with Gasteiger partial charge in [0.25, 0.3) is 0 Å². The molecule has 0 unspecified atom stereocenters.